The van der Waals surface area contributed by atoms with Gasteiger partial charge in [0.25, 0.3) is 0 Å². The van der Waals surface area contributed by atoms with Gasteiger partial charge in [0.05, 0.1) is 12.3 Å². The topological polar surface area (TPSA) is 42.4 Å². The van der Waals surface area contributed by atoms with Crippen molar-refractivity contribution in [1.82, 2.24) is 4.98 Å². The molecule has 0 fully saturated rings. The molecule has 1 heterocycles. The number of hydrogen-bond acceptors (Lipinski definition) is 3. The van der Waals surface area contributed by atoms with Gasteiger partial charge in [-0.1, -0.05) is 29.8 Å². The highest BCUT2D eigenvalue weighted by Gasteiger charge is 1.99. The first-order valence-electron chi connectivity index (χ1n) is 5.22. The molecule has 88 valence electrons. The van der Waals surface area contributed by atoms with Crippen LogP contribution in [0.5, 0.6) is 5.88 Å². The first-order valence-corrected chi connectivity index (χ1v) is 5.60. The van der Waals surface area contributed by atoms with Crippen LogP contribution < -0.4 is 4.74 Å². The lowest BCUT2D eigenvalue weighted by Gasteiger charge is -2.06. The van der Waals surface area contributed by atoms with Gasteiger partial charge in [0, 0.05) is 11.1 Å². The highest BCUT2D eigenvalue weighted by molar-refractivity contribution is 6.30. The zero-order valence-electron chi connectivity index (χ0n) is 9.14. The zero-order valence-corrected chi connectivity index (χ0v) is 9.89. The van der Waals surface area contributed by atoms with Gasteiger partial charge in [-0.15, -0.1) is 0 Å². The Morgan fingerprint density at radius 3 is 2.59 bits per heavy atom. The summed E-state index contributed by atoms with van der Waals surface area (Å²) < 4.78 is 5.51. The largest absolute Gasteiger partial charge is 0.473 e. The van der Waals surface area contributed by atoms with Crippen LogP contribution in [0.15, 0.2) is 42.5 Å². The summed E-state index contributed by atoms with van der Waals surface area (Å²) in [7, 11) is 0. The smallest absolute Gasteiger partial charge is 0.213 e. The highest BCUT2D eigenvalue weighted by Crippen LogP contribution is 2.13. The van der Waals surface area contributed by atoms with E-state index in [2.05, 4.69) is 4.98 Å². The molecule has 3 nitrogen and oxygen atoms in total. The Morgan fingerprint density at radius 2 is 1.88 bits per heavy atom. The van der Waals surface area contributed by atoms with Gasteiger partial charge < -0.3 is 9.84 Å². The normalized spacial score (nSPS) is 10.2. The average Bonchev–Trinajstić information content (AvgIpc) is 2.38. The van der Waals surface area contributed by atoms with Crippen LogP contribution in [0.2, 0.25) is 5.02 Å². The minimum atomic E-state index is -0.0852. The molecule has 0 bridgehead atoms. The van der Waals surface area contributed by atoms with Crippen LogP contribution in [0.25, 0.3) is 0 Å². The molecule has 0 aliphatic heterocycles. The molecule has 2 rings (SSSR count). The van der Waals surface area contributed by atoms with Crippen molar-refractivity contribution in [3.8, 4) is 5.88 Å². The third-order valence-corrected chi connectivity index (χ3v) is 2.50. The van der Waals surface area contributed by atoms with Crippen LogP contribution in [0.4, 0.5) is 0 Å². The first-order chi connectivity index (χ1) is 8.28. The van der Waals surface area contributed by atoms with Crippen LogP contribution >= 0.6 is 11.6 Å². The molecule has 4 heteroatoms. The lowest BCUT2D eigenvalue weighted by molar-refractivity contribution is 0.266. The number of aliphatic hydroxyl groups excluding tert-OH is 1. The Balaban J connectivity index is 1.99. The Morgan fingerprint density at radius 1 is 1.12 bits per heavy atom. The van der Waals surface area contributed by atoms with Gasteiger partial charge in [-0.3, -0.25) is 0 Å². The van der Waals surface area contributed by atoms with Gasteiger partial charge in [-0.2, -0.15) is 0 Å². The molecule has 17 heavy (non-hydrogen) atoms. The second kappa shape index (κ2) is 5.66. The van der Waals surface area contributed by atoms with Crippen molar-refractivity contribution in [3.63, 3.8) is 0 Å². The molecule has 0 saturated carbocycles. The number of pyridine rings is 1. The summed E-state index contributed by atoms with van der Waals surface area (Å²) in [5.41, 5.74) is 1.62. The summed E-state index contributed by atoms with van der Waals surface area (Å²) in [6.45, 7) is 0.344. The Kier molecular flexibility index (Phi) is 3.96. The SMILES string of the molecule is OCc1cccc(OCc2ccc(Cl)cc2)n1. The Labute approximate surface area is 105 Å². The van der Waals surface area contributed by atoms with E-state index in [0.717, 1.165) is 5.56 Å². The molecule has 0 radical (unpaired) electrons. The molecule has 0 aliphatic rings. The minimum absolute atomic E-state index is 0.0852. The van der Waals surface area contributed by atoms with Gasteiger partial charge in [-0.05, 0) is 23.8 Å². The summed E-state index contributed by atoms with van der Waals surface area (Å²) >= 11 is 5.79. The Bertz CT molecular complexity index is 485. The lowest BCUT2D eigenvalue weighted by atomic mass is 10.2. The summed E-state index contributed by atoms with van der Waals surface area (Å²) in [6.07, 6.45) is 0. The maximum Gasteiger partial charge on any atom is 0.213 e. The molecule has 0 unspecified atom stereocenters. The van der Waals surface area contributed by atoms with E-state index in [1.165, 1.54) is 0 Å². The maximum absolute atomic E-state index is 8.95. The summed E-state index contributed by atoms with van der Waals surface area (Å²) in [6, 6.07) is 12.7. The van der Waals surface area contributed by atoms with Crippen molar-refractivity contribution in [2.45, 2.75) is 13.2 Å². The average molecular weight is 250 g/mol. The number of hydrogen-bond donors (Lipinski definition) is 1. The van der Waals surface area contributed by atoms with Crippen molar-refractivity contribution < 1.29 is 9.84 Å². The standard InChI is InChI=1S/C13H12ClNO2/c14-11-6-4-10(5-7-11)9-17-13-3-1-2-12(8-16)15-13/h1-7,16H,8-9H2. The molecule has 1 N–H and O–H groups in total. The number of aromatic nitrogens is 1. The number of halogens is 1. The lowest BCUT2D eigenvalue weighted by Crippen LogP contribution is -1.98. The number of ether oxygens (including phenoxy) is 1. The Hall–Kier alpha value is -1.58. The summed E-state index contributed by atoms with van der Waals surface area (Å²) in [4.78, 5) is 4.13. The summed E-state index contributed by atoms with van der Waals surface area (Å²) in [5.74, 6) is 0.506. The van der Waals surface area contributed by atoms with E-state index < -0.39 is 0 Å². The zero-order chi connectivity index (χ0) is 12.1. The molecular weight excluding hydrogens is 238 g/mol. The van der Waals surface area contributed by atoms with E-state index in [4.69, 9.17) is 21.4 Å². The van der Waals surface area contributed by atoms with Crippen molar-refractivity contribution in [2.24, 2.45) is 0 Å². The molecular formula is C13H12ClNO2. The predicted molar refractivity (Wildman–Crippen MR) is 65.9 cm³/mol. The van der Waals surface area contributed by atoms with Gasteiger partial charge in [0.2, 0.25) is 5.88 Å². The van der Waals surface area contributed by atoms with Gasteiger partial charge in [0.1, 0.15) is 6.61 Å². The fourth-order valence-electron chi connectivity index (χ4n) is 1.36. The number of nitrogens with zero attached hydrogens (tertiary/aromatic N) is 1. The molecule has 0 saturated heterocycles. The van der Waals surface area contributed by atoms with E-state index in [1.807, 2.05) is 24.3 Å². The van der Waals surface area contributed by atoms with Crippen molar-refractivity contribution in [3.05, 3.63) is 58.7 Å². The third-order valence-electron chi connectivity index (χ3n) is 2.24. The minimum Gasteiger partial charge on any atom is -0.473 e. The molecule has 0 atom stereocenters. The van der Waals surface area contributed by atoms with Gasteiger partial charge >= 0.3 is 0 Å². The molecule has 2 aromatic rings. The number of aliphatic hydroxyl groups is 1. The summed E-state index contributed by atoms with van der Waals surface area (Å²) in [5, 5.41) is 9.65. The van der Waals surface area contributed by atoms with Crippen LogP contribution in [-0.4, -0.2) is 10.1 Å². The monoisotopic (exact) mass is 249 g/mol. The fourth-order valence-corrected chi connectivity index (χ4v) is 1.49. The van der Waals surface area contributed by atoms with Crippen LogP contribution in [-0.2, 0) is 13.2 Å². The van der Waals surface area contributed by atoms with Gasteiger partial charge in [0.15, 0.2) is 0 Å². The van der Waals surface area contributed by atoms with Crippen molar-refractivity contribution in [1.29, 1.82) is 0 Å². The molecule has 1 aromatic heterocycles. The van der Waals surface area contributed by atoms with E-state index >= 15 is 0 Å². The third kappa shape index (κ3) is 3.44. The van der Waals surface area contributed by atoms with Crippen LogP contribution in [0.3, 0.4) is 0 Å². The first kappa shape index (κ1) is 11.9. The molecule has 0 spiro atoms. The van der Waals surface area contributed by atoms with E-state index in [0.29, 0.717) is 23.2 Å². The maximum atomic E-state index is 8.95. The quantitative estimate of drug-likeness (QED) is 0.906. The number of benzene rings is 1. The molecule has 1 aromatic carbocycles. The van der Waals surface area contributed by atoms with Crippen LogP contribution in [0, 0.1) is 0 Å². The van der Waals surface area contributed by atoms with Crippen LogP contribution in [0.1, 0.15) is 11.3 Å². The van der Waals surface area contributed by atoms with E-state index in [9.17, 15) is 0 Å². The van der Waals surface area contributed by atoms with E-state index in [-0.39, 0.29) is 6.61 Å². The number of rotatable bonds is 4. The second-order valence-corrected chi connectivity index (χ2v) is 3.98. The van der Waals surface area contributed by atoms with Crippen molar-refractivity contribution in [2.75, 3.05) is 0 Å². The fraction of sp³-hybridized carbons (Fsp3) is 0.154. The van der Waals surface area contributed by atoms with Gasteiger partial charge in [-0.25, -0.2) is 4.98 Å². The highest BCUT2D eigenvalue weighted by atomic mass is 35.5. The van der Waals surface area contributed by atoms with E-state index in [1.54, 1.807) is 18.2 Å². The molecule has 0 aliphatic carbocycles. The molecule has 0 amide bonds. The van der Waals surface area contributed by atoms with Crippen molar-refractivity contribution >= 4 is 11.6 Å². The second-order valence-electron chi connectivity index (χ2n) is 3.54. The predicted octanol–water partition coefficient (Wildman–Crippen LogP) is 2.81.